The van der Waals surface area contributed by atoms with Gasteiger partial charge in [0.2, 0.25) is 0 Å². The maximum atomic E-state index is 4.66. The maximum Gasteiger partial charge on any atom is 0.104 e. The Labute approximate surface area is 143 Å². The van der Waals surface area contributed by atoms with E-state index in [1.54, 1.807) is 0 Å². The van der Waals surface area contributed by atoms with Gasteiger partial charge in [0.05, 0.1) is 22.4 Å². The van der Waals surface area contributed by atoms with E-state index in [2.05, 4.69) is 41.6 Å². The maximum absolute atomic E-state index is 4.66. The molecule has 118 valence electrons. The highest BCUT2D eigenvalue weighted by molar-refractivity contribution is 7.04. The van der Waals surface area contributed by atoms with Crippen molar-refractivity contribution in [1.82, 2.24) is 18.7 Å². The van der Waals surface area contributed by atoms with Crippen LogP contribution in [0.25, 0.3) is 33.3 Å². The summed E-state index contributed by atoms with van der Waals surface area (Å²) in [5.74, 6) is 0.925. The van der Waals surface area contributed by atoms with Crippen molar-refractivity contribution >= 4 is 34.1 Å². The summed E-state index contributed by atoms with van der Waals surface area (Å²) in [6, 6.07) is 4.36. The summed E-state index contributed by atoms with van der Waals surface area (Å²) < 4.78 is 8.80. The van der Waals surface area contributed by atoms with Crippen LogP contribution in [0.2, 0.25) is 0 Å². The van der Waals surface area contributed by atoms with Crippen molar-refractivity contribution in [3.63, 3.8) is 0 Å². The number of hydrogen-bond acceptors (Lipinski definition) is 5. The molecule has 0 spiro atoms. The van der Waals surface area contributed by atoms with Crippen LogP contribution < -0.4 is 0 Å². The van der Waals surface area contributed by atoms with Gasteiger partial charge < -0.3 is 4.98 Å². The lowest BCUT2D eigenvalue weighted by molar-refractivity contribution is 1.17. The summed E-state index contributed by atoms with van der Waals surface area (Å²) >= 11 is 2.98. The van der Waals surface area contributed by atoms with Crippen molar-refractivity contribution in [3.8, 4) is 22.3 Å². The molecule has 0 radical (unpaired) electrons. The molecule has 0 aliphatic rings. The van der Waals surface area contributed by atoms with Crippen molar-refractivity contribution in [3.05, 3.63) is 40.1 Å². The Morgan fingerprint density at radius 1 is 0.870 bits per heavy atom. The molecule has 0 saturated carbocycles. The molecular weight excluding hydrogens is 324 g/mol. The molecule has 4 rings (SSSR count). The highest BCUT2D eigenvalue weighted by atomic mass is 32.1. The molecule has 3 heterocycles. The number of nitrogens with one attached hydrogen (secondary N) is 1. The lowest BCUT2D eigenvalue weighted by Gasteiger charge is -2.06. The number of imidazole rings is 1. The zero-order valence-corrected chi connectivity index (χ0v) is 14.1. The number of aromatic amines is 1. The Morgan fingerprint density at radius 2 is 1.52 bits per heavy atom. The second-order valence-corrected chi connectivity index (χ2v) is 6.63. The quantitative estimate of drug-likeness (QED) is 0.533. The molecule has 0 saturated heterocycles. The Morgan fingerprint density at radius 3 is 2.13 bits per heavy atom. The highest BCUT2D eigenvalue weighted by Crippen LogP contribution is 2.36. The van der Waals surface area contributed by atoms with Crippen LogP contribution in [0, 0.1) is 20.8 Å². The normalized spacial score (nSPS) is 10.9. The molecule has 0 unspecified atom stereocenters. The molecule has 1 aromatic carbocycles. The second kappa shape index (κ2) is 5.86. The van der Waals surface area contributed by atoms with Gasteiger partial charge in [-0.3, -0.25) is 0 Å². The fraction of sp³-hybridized carbons (Fsp3) is 0.235. The first-order valence-corrected chi connectivity index (χ1v) is 8.64. The largest absolute Gasteiger partial charge is 0.342 e. The Balaban J connectivity index is 0.00000156. The molecule has 4 aromatic rings. The molecule has 6 heteroatoms. The molecule has 0 bridgehead atoms. The lowest BCUT2D eigenvalue weighted by atomic mass is 9.98. The zero-order chi connectivity index (χ0) is 15.3. The van der Waals surface area contributed by atoms with Crippen LogP contribution in [-0.4, -0.2) is 18.7 Å². The van der Waals surface area contributed by atoms with Crippen LogP contribution in [0.15, 0.2) is 22.9 Å². The minimum absolute atomic E-state index is 0. The fourth-order valence-electron chi connectivity index (χ4n) is 2.72. The van der Waals surface area contributed by atoms with Gasteiger partial charge in [-0.05, 0) is 61.5 Å². The van der Waals surface area contributed by atoms with Gasteiger partial charge >= 0.3 is 0 Å². The van der Waals surface area contributed by atoms with Crippen molar-refractivity contribution in [2.24, 2.45) is 0 Å². The van der Waals surface area contributed by atoms with Gasteiger partial charge in [-0.25, -0.2) is 4.98 Å². The summed E-state index contributed by atoms with van der Waals surface area (Å²) in [7, 11) is 0. The molecule has 0 amide bonds. The van der Waals surface area contributed by atoms with Crippen LogP contribution in [-0.2, 0) is 0 Å². The number of nitrogens with zero attached hydrogens (tertiary/aromatic N) is 3. The first kappa shape index (κ1) is 15.8. The molecule has 0 atom stereocenters. The topological polar surface area (TPSA) is 54.5 Å². The number of benzene rings is 1. The summed E-state index contributed by atoms with van der Waals surface area (Å²) in [4.78, 5) is 8.02. The van der Waals surface area contributed by atoms with Gasteiger partial charge in [-0.2, -0.15) is 8.75 Å². The van der Waals surface area contributed by atoms with Gasteiger partial charge in [0.15, 0.2) is 0 Å². The third-order valence-electron chi connectivity index (χ3n) is 3.81. The average molecular weight is 342 g/mol. The van der Waals surface area contributed by atoms with E-state index in [-0.39, 0.29) is 7.43 Å². The summed E-state index contributed by atoms with van der Waals surface area (Å²) in [5, 5.41) is 4.19. The summed E-state index contributed by atoms with van der Waals surface area (Å²) in [6.07, 6.45) is 0. The van der Waals surface area contributed by atoms with E-state index < -0.39 is 0 Å². The van der Waals surface area contributed by atoms with Gasteiger partial charge in [-0.1, -0.05) is 7.43 Å². The Hall–Kier alpha value is -2.05. The average Bonchev–Trinajstić information content (AvgIpc) is 3.17. The van der Waals surface area contributed by atoms with E-state index in [9.17, 15) is 0 Å². The van der Waals surface area contributed by atoms with E-state index in [1.165, 1.54) is 34.2 Å². The number of aromatic nitrogens is 4. The van der Waals surface area contributed by atoms with Crippen LogP contribution in [0.1, 0.15) is 24.6 Å². The molecular formula is C17H18N4S2. The standard InChI is InChI=1S/C16H14N4S2.CH4/c1-8-13(6-21-19-8)11-4-12(14-7-22-20-9(14)2)16-15(5-11)17-10(3)18-16;/h4-7H,1-3H3,(H,17,18);1H4. The van der Waals surface area contributed by atoms with Crippen LogP contribution >= 0.6 is 23.1 Å². The lowest BCUT2D eigenvalue weighted by Crippen LogP contribution is -1.86. The minimum atomic E-state index is 0. The number of fused-ring (bicyclic) bond motifs is 1. The molecule has 0 aliphatic heterocycles. The van der Waals surface area contributed by atoms with E-state index in [1.807, 2.05) is 20.8 Å². The highest BCUT2D eigenvalue weighted by Gasteiger charge is 2.15. The van der Waals surface area contributed by atoms with Gasteiger partial charge in [-0.15, -0.1) is 0 Å². The van der Waals surface area contributed by atoms with Crippen LogP contribution in [0.5, 0.6) is 0 Å². The fourth-order valence-corrected chi connectivity index (χ4v) is 4.16. The smallest absolute Gasteiger partial charge is 0.104 e. The van der Waals surface area contributed by atoms with Gasteiger partial charge in [0.25, 0.3) is 0 Å². The van der Waals surface area contributed by atoms with Crippen molar-refractivity contribution in [2.75, 3.05) is 0 Å². The molecule has 4 nitrogen and oxygen atoms in total. The van der Waals surface area contributed by atoms with E-state index in [4.69, 9.17) is 0 Å². The second-order valence-electron chi connectivity index (χ2n) is 5.37. The van der Waals surface area contributed by atoms with Crippen molar-refractivity contribution in [2.45, 2.75) is 28.2 Å². The molecule has 23 heavy (non-hydrogen) atoms. The Bertz CT molecular complexity index is 978. The predicted molar refractivity (Wildman–Crippen MR) is 99.3 cm³/mol. The Kier molecular flexibility index (Phi) is 4.04. The number of hydrogen-bond donors (Lipinski definition) is 1. The van der Waals surface area contributed by atoms with E-state index in [0.717, 1.165) is 39.4 Å². The SMILES string of the molecule is C.Cc1nc2c(-c3csnc3C)cc(-c3csnc3C)cc2[nH]1. The van der Waals surface area contributed by atoms with Gasteiger partial charge in [0, 0.05) is 27.5 Å². The number of H-pyrrole nitrogens is 1. The zero-order valence-electron chi connectivity index (χ0n) is 12.5. The minimum Gasteiger partial charge on any atom is -0.342 e. The molecule has 0 aliphatic carbocycles. The van der Waals surface area contributed by atoms with Crippen molar-refractivity contribution < 1.29 is 0 Å². The first-order chi connectivity index (χ1) is 10.6. The number of rotatable bonds is 2. The van der Waals surface area contributed by atoms with Crippen LogP contribution in [0.4, 0.5) is 0 Å². The third kappa shape index (κ3) is 2.58. The summed E-state index contributed by atoms with van der Waals surface area (Å²) in [5.41, 5.74) is 8.81. The first-order valence-electron chi connectivity index (χ1n) is 6.96. The number of aryl methyl sites for hydroxylation is 3. The van der Waals surface area contributed by atoms with Gasteiger partial charge in [0.1, 0.15) is 5.82 Å². The molecule has 0 fully saturated rings. The summed E-state index contributed by atoms with van der Waals surface area (Å²) in [6.45, 7) is 6.08. The molecule has 3 aromatic heterocycles. The molecule has 1 N–H and O–H groups in total. The predicted octanol–water partition coefficient (Wildman–Crippen LogP) is 5.37. The van der Waals surface area contributed by atoms with Crippen LogP contribution in [0.3, 0.4) is 0 Å². The van der Waals surface area contributed by atoms with E-state index in [0.29, 0.717) is 0 Å². The monoisotopic (exact) mass is 342 g/mol. The third-order valence-corrected chi connectivity index (χ3v) is 5.25. The van der Waals surface area contributed by atoms with Crippen molar-refractivity contribution in [1.29, 1.82) is 0 Å². The van der Waals surface area contributed by atoms with E-state index >= 15 is 0 Å².